The van der Waals surface area contributed by atoms with Crippen LogP contribution in [0.3, 0.4) is 0 Å². The quantitative estimate of drug-likeness (QED) is 0.280. The Morgan fingerprint density at radius 3 is 2.32 bits per heavy atom. The number of nitrogens with one attached hydrogen (secondary N) is 3. The van der Waals surface area contributed by atoms with Crippen molar-refractivity contribution in [3.63, 3.8) is 0 Å². The normalized spacial score (nSPS) is 24.1. The van der Waals surface area contributed by atoms with Gasteiger partial charge in [0.2, 0.25) is 11.8 Å². The third-order valence-electron chi connectivity index (χ3n) is 9.50. The number of aromatic nitrogens is 1. The molecule has 2 aliphatic carbocycles. The van der Waals surface area contributed by atoms with Gasteiger partial charge in [-0.15, -0.1) is 6.58 Å². The van der Waals surface area contributed by atoms with E-state index >= 15 is 0 Å². The number of para-hydroxylation sites is 1. The van der Waals surface area contributed by atoms with E-state index in [0.717, 1.165) is 30.0 Å². The van der Waals surface area contributed by atoms with Gasteiger partial charge in [-0.05, 0) is 61.8 Å². The summed E-state index contributed by atoms with van der Waals surface area (Å²) >= 11 is 0. The fourth-order valence-electron chi connectivity index (χ4n) is 6.50. The molecule has 5 atom stereocenters. The number of anilines is 1. The molecule has 0 bridgehead atoms. The summed E-state index contributed by atoms with van der Waals surface area (Å²) in [7, 11) is -3.04. The van der Waals surface area contributed by atoms with Crippen molar-refractivity contribution in [1.29, 1.82) is 0 Å². The molecule has 2 aromatic rings. The van der Waals surface area contributed by atoms with Crippen LogP contribution in [-0.2, 0) is 29.3 Å². The van der Waals surface area contributed by atoms with Crippen LogP contribution >= 0.6 is 0 Å². The molecule has 14 nitrogen and oxygen atoms in total. The number of rotatable bonds is 12. The monoisotopic (exact) mass is 710 g/mol. The molecule has 3 fully saturated rings. The van der Waals surface area contributed by atoms with E-state index in [1.807, 2.05) is 0 Å². The Kier molecular flexibility index (Phi) is 10.7. The summed E-state index contributed by atoms with van der Waals surface area (Å²) in [5.74, 6) is -2.20. The molecule has 50 heavy (non-hydrogen) atoms. The van der Waals surface area contributed by atoms with Crippen LogP contribution in [0.15, 0.2) is 67.5 Å². The van der Waals surface area contributed by atoms with E-state index in [-0.39, 0.29) is 25.5 Å². The Morgan fingerprint density at radius 2 is 1.72 bits per heavy atom. The van der Waals surface area contributed by atoms with E-state index in [4.69, 9.17) is 9.47 Å². The van der Waals surface area contributed by atoms with E-state index in [1.165, 1.54) is 18.0 Å². The first-order chi connectivity index (χ1) is 23.6. The molecule has 0 spiro atoms. The number of alkyl carbamates (subject to hydrolysis) is 1. The van der Waals surface area contributed by atoms with Gasteiger partial charge in [0, 0.05) is 31.8 Å². The number of benzene rings is 1. The Balaban J connectivity index is 1.37. The van der Waals surface area contributed by atoms with Gasteiger partial charge in [0.25, 0.3) is 5.91 Å². The van der Waals surface area contributed by atoms with Gasteiger partial charge in [0.1, 0.15) is 35.6 Å². The van der Waals surface area contributed by atoms with E-state index in [0.29, 0.717) is 11.4 Å². The lowest BCUT2D eigenvalue weighted by Gasteiger charge is -2.35. The zero-order valence-corrected chi connectivity index (χ0v) is 29.6. The Labute approximate surface area is 293 Å². The number of hydrogen-bond donors (Lipinski definition) is 3. The van der Waals surface area contributed by atoms with Crippen molar-refractivity contribution in [2.75, 3.05) is 17.9 Å². The highest BCUT2D eigenvalue weighted by Gasteiger charge is 2.61. The highest BCUT2D eigenvalue weighted by molar-refractivity contribution is 7.91. The molecule has 3 aliphatic rings. The summed E-state index contributed by atoms with van der Waals surface area (Å²) in [5.41, 5.74) is -2.06. The number of hydrogen-bond acceptors (Lipinski definition) is 9. The van der Waals surface area contributed by atoms with Crippen LogP contribution in [0.1, 0.15) is 59.3 Å². The second-order valence-electron chi connectivity index (χ2n) is 14.2. The average molecular weight is 711 g/mol. The molecule has 0 radical (unpaired) electrons. The van der Waals surface area contributed by atoms with Gasteiger partial charge >= 0.3 is 16.3 Å². The lowest BCUT2D eigenvalue weighted by Crippen LogP contribution is -2.60. The first-order valence-electron chi connectivity index (χ1n) is 16.8. The number of nitrogens with zero attached hydrogens (tertiary/aromatic N) is 3. The molecule has 1 aromatic heterocycles. The molecule has 0 unspecified atom stereocenters. The standard InChI is InChI=1S/C35H46N6O8S/c1-6-23-21-35(23,32(44)39-50(46,47)40(5)24-12-8-7-9-13-24)38-30(42)28-20-27(48-26-16-18-36-19-17-26)22-41(28)31(43)29(34(2,3)4)37-33(45)49-25-14-10-11-15-25/h6-9,12-13,16-19,23,25,27-29H,1,10-11,14-15,20-22H2,2-5H3,(H,37,45)(H,38,42)(H,39,44)/t23-,27-,28-,29-,35-/m1/s1. The number of amides is 4. The number of likely N-dealkylation sites (tertiary alicyclic amines) is 1. The summed E-state index contributed by atoms with van der Waals surface area (Å²) < 4.78 is 41.2. The molecule has 15 heteroatoms. The average Bonchev–Trinajstić information content (AvgIpc) is 3.34. The molecule has 2 heterocycles. The summed E-state index contributed by atoms with van der Waals surface area (Å²) in [6, 6.07) is 9.35. The van der Waals surface area contributed by atoms with Gasteiger partial charge in [-0.1, -0.05) is 45.0 Å². The van der Waals surface area contributed by atoms with Crippen molar-refractivity contribution in [3.8, 4) is 5.75 Å². The summed E-state index contributed by atoms with van der Waals surface area (Å²) in [4.78, 5) is 60.5. The van der Waals surface area contributed by atoms with Crippen molar-refractivity contribution < 1.29 is 37.1 Å². The van der Waals surface area contributed by atoms with Crippen LogP contribution in [0.25, 0.3) is 0 Å². The van der Waals surface area contributed by atoms with Gasteiger partial charge in [-0.3, -0.25) is 23.7 Å². The van der Waals surface area contributed by atoms with Gasteiger partial charge < -0.3 is 25.0 Å². The van der Waals surface area contributed by atoms with Crippen molar-refractivity contribution in [1.82, 2.24) is 25.2 Å². The van der Waals surface area contributed by atoms with Crippen molar-refractivity contribution in [2.45, 2.75) is 89.1 Å². The molecular weight excluding hydrogens is 664 g/mol. The van der Waals surface area contributed by atoms with Crippen molar-refractivity contribution >= 4 is 39.7 Å². The Bertz CT molecular complexity index is 1680. The van der Waals surface area contributed by atoms with E-state index < -0.39 is 69.1 Å². The first kappa shape index (κ1) is 36.6. The predicted octanol–water partition coefficient (Wildman–Crippen LogP) is 3.07. The molecule has 3 N–H and O–H groups in total. The zero-order chi connectivity index (χ0) is 36.3. The van der Waals surface area contributed by atoms with Gasteiger partial charge in [0.05, 0.1) is 12.2 Å². The fraction of sp³-hybridized carbons (Fsp3) is 0.514. The molecular formula is C35H46N6O8S. The number of carbonyl (C=O) groups excluding carboxylic acids is 4. The molecule has 1 saturated heterocycles. The smallest absolute Gasteiger partial charge is 0.408 e. The predicted molar refractivity (Wildman–Crippen MR) is 185 cm³/mol. The molecule has 2 saturated carbocycles. The number of carbonyl (C=O) groups is 4. The van der Waals surface area contributed by atoms with E-state index in [9.17, 15) is 27.6 Å². The maximum atomic E-state index is 14.3. The van der Waals surface area contributed by atoms with Crippen LogP contribution < -0.4 is 24.4 Å². The van der Waals surface area contributed by atoms with Gasteiger partial charge in [-0.2, -0.15) is 8.42 Å². The van der Waals surface area contributed by atoms with E-state index in [2.05, 4.69) is 26.9 Å². The van der Waals surface area contributed by atoms with E-state index in [1.54, 1.807) is 75.6 Å². The third kappa shape index (κ3) is 8.20. The van der Waals surface area contributed by atoms with Crippen LogP contribution in [0.5, 0.6) is 5.75 Å². The summed E-state index contributed by atoms with van der Waals surface area (Å²) in [5, 5.41) is 5.52. The third-order valence-corrected chi connectivity index (χ3v) is 10.9. The number of pyridine rings is 1. The fourth-order valence-corrected chi connectivity index (χ4v) is 7.45. The minimum atomic E-state index is -4.35. The molecule has 5 rings (SSSR count). The minimum absolute atomic E-state index is 0.00546. The maximum Gasteiger partial charge on any atom is 0.408 e. The Morgan fingerprint density at radius 1 is 1.06 bits per heavy atom. The largest absolute Gasteiger partial charge is 0.488 e. The van der Waals surface area contributed by atoms with Crippen LogP contribution in [0.2, 0.25) is 0 Å². The highest BCUT2D eigenvalue weighted by atomic mass is 32.2. The van der Waals surface area contributed by atoms with Crippen LogP contribution in [0, 0.1) is 11.3 Å². The highest BCUT2D eigenvalue weighted by Crippen LogP contribution is 2.45. The van der Waals surface area contributed by atoms with Gasteiger partial charge in [0.15, 0.2) is 0 Å². The molecule has 1 aliphatic heterocycles. The first-order valence-corrected chi connectivity index (χ1v) is 18.2. The lowest BCUT2D eigenvalue weighted by atomic mass is 9.85. The second kappa shape index (κ2) is 14.7. The maximum absolute atomic E-state index is 14.3. The molecule has 4 amide bonds. The zero-order valence-electron chi connectivity index (χ0n) is 28.8. The topological polar surface area (TPSA) is 176 Å². The minimum Gasteiger partial charge on any atom is -0.488 e. The van der Waals surface area contributed by atoms with Crippen LogP contribution in [0.4, 0.5) is 10.5 Å². The summed E-state index contributed by atoms with van der Waals surface area (Å²) in [6.45, 7) is 9.17. The number of ether oxygens (including phenoxy) is 2. The Hall–Kier alpha value is -4.66. The second-order valence-corrected chi connectivity index (χ2v) is 15.9. The van der Waals surface area contributed by atoms with Crippen molar-refractivity contribution in [3.05, 3.63) is 67.5 Å². The molecule has 270 valence electrons. The lowest BCUT2D eigenvalue weighted by molar-refractivity contribution is -0.143. The SMILES string of the molecule is C=C[C@@H]1C[C@]1(NC(=O)[C@H]1C[C@@H](Oc2ccncc2)CN1C(=O)[C@@H](NC(=O)OC1CCCC1)C(C)(C)C)C(=O)NS(=O)(=O)N(C)c1ccccc1. The van der Waals surface area contributed by atoms with Crippen LogP contribution in [-0.4, -0.2) is 85.5 Å². The van der Waals surface area contributed by atoms with Crippen molar-refractivity contribution in [2.24, 2.45) is 11.3 Å². The van der Waals surface area contributed by atoms with Gasteiger partial charge in [-0.25, -0.2) is 9.52 Å². The summed E-state index contributed by atoms with van der Waals surface area (Å²) in [6.07, 6.45) is 6.66. The molecule has 1 aromatic carbocycles.